The van der Waals surface area contributed by atoms with Gasteiger partial charge in [-0.1, -0.05) is 36.4 Å². The lowest BCUT2D eigenvalue weighted by atomic mass is 9.98. The lowest BCUT2D eigenvalue weighted by molar-refractivity contribution is 0.0708. The van der Waals surface area contributed by atoms with E-state index in [0.717, 1.165) is 0 Å². The summed E-state index contributed by atoms with van der Waals surface area (Å²) in [5, 5.41) is 12.8. The lowest BCUT2D eigenvalue weighted by Gasteiger charge is -2.11. The molecule has 3 aromatic rings. The molecule has 3 rings (SSSR count). The van der Waals surface area contributed by atoms with Crippen molar-refractivity contribution in [3.8, 4) is 0 Å². The van der Waals surface area contributed by atoms with Crippen LogP contribution in [0.1, 0.15) is 38.0 Å². The van der Waals surface area contributed by atoms with Crippen molar-refractivity contribution in [1.82, 2.24) is 5.48 Å². The van der Waals surface area contributed by atoms with Crippen molar-refractivity contribution in [2.45, 2.75) is 6.92 Å². The summed E-state index contributed by atoms with van der Waals surface area (Å²) in [4.78, 5) is 36.2. The van der Waals surface area contributed by atoms with Gasteiger partial charge >= 0.3 is 0 Å². The van der Waals surface area contributed by atoms with Gasteiger partial charge in [0.25, 0.3) is 11.8 Å². The zero-order chi connectivity index (χ0) is 18.7. The number of benzene rings is 3. The highest BCUT2D eigenvalue weighted by molar-refractivity contribution is 6.18. The summed E-state index contributed by atoms with van der Waals surface area (Å²) in [6, 6.07) is 16.7. The van der Waals surface area contributed by atoms with E-state index >= 15 is 0 Å². The molecule has 0 fully saturated rings. The van der Waals surface area contributed by atoms with Gasteiger partial charge in [-0.05, 0) is 36.6 Å². The van der Waals surface area contributed by atoms with E-state index in [-0.39, 0.29) is 16.9 Å². The van der Waals surface area contributed by atoms with Gasteiger partial charge in [0.2, 0.25) is 0 Å². The third-order valence-electron chi connectivity index (χ3n) is 4.02. The van der Waals surface area contributed by atoms with Crippen molar-refractivity contribution in [3.05, 3.63) is 77.4 Å². The maximum Gasteiger partial charge on any atom is 0.275 e. The van der Waals surface area contributed by atoms with E-state index in [0.29, 0.717) is 22.0 Å². The zero-order valence-corrected chi connectivity index (χ0v) is 13.9. The molecule has 0 aliphatic carbocycles. The molecular weight excluding hydrogens is 332 g/mol. The van der Waals surface area contributed by atoms with Crippen molar-refractivity contribution in [2.75, 3.05) is 5.32 Å². The molecule has 0 spiro atoms. The molecule has 130 valence electrons. The minimum absolute atomic E-state index is 0.104. The zero-order valence-electron chi connectivity index (χ0n) is 13.9. The van der Waals surface area contributed by atoms with Gasteiger partial charge in [0.1, 0.15) is 0 Å². The van der Waals surface area contributed by atoms with Crippen LogP contribution in [0.25, 0.3) is 10.8 Å². The van der Waals surface area contributed by atoms with E-state index in [2.05, 4.69) is 5.32 Å². The van der Waals surface area contributed by atoms with Gasteiger partial charge in [-0.2, -0.15) is 0 Å². The molecule has 0 bridgehead atoms. The van der Waals surface area contributed by atoms with E-state index in [4.69, 9.17) is 5.21 Å². The Morgan fingerprint density at radius 1 is 0.846 bits per heavy atom. The van der Waals surface area contributed by atoms with Crippen LogP contribution in [0.5, 0.6) is 0 Å². The number of hydroxylamine groups is 1. The lowest BCUT2D eigenvalue weighted by Crippen LogP contribution is -2.20. The Balaban J connectivity index is 2.05. The molecule has 6 heteroatoms. The van der Waals surface area contributed by atoms with E-state index in [1.165, 1.54) is 13.0 Å². The standard InChI is InChI=1S/C20H16N2O4/c1-12(23)14-7-2-8-15(11-14)21-19(24)16-9-3-5-13-6-4-10-17(18(13)16)20(25)22-26/h2-11,26H,1H3,(H,21,24)(H,22,25). The Bertz CT molecular complexity index is 1020. The van der Waals surface area contributed by atoms with E-state index in [1.54, 1.807) is 60.1 Å². The molecule has 26 heavy (non-hydrogen) atoms. The SMILES string of the molecule is CC(=O)c1cccc(NC(=O)c2cccc3cccc(C(=O)NO)c23)c1. The fourth-order valence-corrected chi connectivity index (χ4v) is 2.79. The van der Waals surface area contributed by atoms with Crippen LogP contribution < -0.4 is 10.8 Å². The minimum Gasteiger partial charge on any atom is -0.322 e. The number of nitrogens with one attached hydrogen (secondary N) is 2. The van der Waals surface area contributed by atoms with Crippen molar-refractivity contribution in [2.24, 2.45) is 0 Å². The number of anilines is 1. The highest BCUT2D eigenvalue weighted by Crippen LogP contribution is 2.24. The Kier molecular flexibility index (Phi) is 4.77. The van der Waals surface area contributed by atoms with Crippen LogP contribution in [0, 0.1) is 0 Å². The monoisotopic (exact) mass is 348 g/mol. The van der Waals surface area contributed by atoms with Gasteiger partial charge in [0.15, 0.2) is 5.78 Å². The third kappa shape index (κ3) is 3.31. The summed E-state index contributed by atoms with van der Waals surface area (Å²) in [6.07, 6.45) is 0. The van der Waals surface area contributed by atoms with E-state index < -0.39 is 11.8 Å². The average molecular weight is 348 g/mol. The van der Waals surface area contributed by atoms with Crippen LogP contribution in [-0.2, 0) is 0 Å². The van der Waals surface area contributed by atoms with Crippen LogP contribution in [0.2, 0.25) is 0 Å². The number of hydrogen-bond donors (Lipinski definition) is 3. The first-order chi connectivity index (χ1) is 12.5. The first-order valence-corrected chi connectivity index (χ1v) is 7.90. The molecule has 0 unspecified atom stereocenters. The van der Waals surface area contributed by atoms with Gasteiger partial charge in [0.05, 0.1) is 5.56 Å². The van der Waals surface area contributed by atoms with Crippen molar-refractivity contribution in [3.63, 3.8) is 0 Å². The van der Waals surface area contributed by atoms with E-state index in [9.17, 15) is 14.4 Å². The summed E-state index contributed by atoms with van der Waals surface area (Å²) in [5.74, 6) is -1.22. The number of fused-ring (bicyclic) bond motifs is 1. The molecule has 0 aromatic heterocycles. The van der Waals surface area contributed by atoms with Crippen LogP contribution in [-0.4, -0.2) is 22.8 Å². The summed E-state index contributed by atoms with van der Waals surface area (Å²) in [6.45, 7) is 1.45. The molecule has 0 saturated carbocycles. The Labute approximate surface area is 149 Å². The molecule has 0 aliphatic heterocycles. The number of carbonyl (C=O) groups excluding carboxylic acids is 3. The second kappa shape index (κ2) is 7.16. The molecule has 0 radical (unpaired) electrons. The fraction of sp³-hybridized carbons (Fsp3) is 0.0500. The predicted molar refractivity (Wildman–Crippen MR) is 97.6 cm³/mol. The van der Waals surface area contributed by atoms with Gasteiger partial charge in [0, 0.05) is 22.2 Å². The molecule has 3 aromatic carbocycles. The Morgan fingerprint density at radius 3 is 2.08 bits per heavy atom. The molecule has 2 amide bonds. The first kappa shape index (κ1) is 17.3. The topological polar surface area (TPSA) is 95.5 Å². The quantitative estimate of drug-likeness (QED) is 0.382. The van der Waals surface area contributed by atoms with Gasteiger partial charge < -0.3 is 5.32 Å². The molecule has 6 nitrogen and oxygen atoms in total. The highest BCUT2D eigenvalue weighted by atomic mass is 16.5. The van der Waals surface area contributed by atoms with Crippen LogP contribution in [0.4, 0.5) is 5.69 Å². The second-order valence-corrected chi connectivity index (χ2v) is 5.74. The Morgan fingerprint density at radius 2 is 1.46 bits per heavy atom. The summed E-state index contributed by atoms with van der Waals surface area (Å²) < 4.78 is 0. The summed E-state index contributed by atoms with van der Waals surface area (Å²) in [5.41, 5.74) is 3.04. The smallest absolute Gasteiger partial charge is 0.275 e. The number of Topliss-reactive ketones (excluding diaryl/α,β-unsaturated/α-hetero) is 1. The molecule has 0 heterocycles. The maximum absolute atomic E-state index is 12.8. The van der Waals surface area contributed by atoms with Gasteiger partial charge in [-0.25, -0.2) is 5.48 Å². The number of hydrogen-bond acceptors (Lipinski definition) is 4. The first-order valence-electron chi connectivity index (χ1n) is 7.90. The van der Waals surface area contributed by atoms with Crippen molar-refractivity contribution < 1.29 is 19.6 Å². The van der Waals surface area contributed by atoms with E-state index in [1.807, 2.05) is 0 Å². The number of amides is 2. The van der Waals surface area contributed by atoms with Gasteiger partial charge in [-0.3, -0.25) is 19.6 Å². The normalized spacial score (nSPS) is 10.4. The highest BCUT2D eigenvalue weighted by Gasteiger charge is 2.17. The molecule has 0 saturated heterocycles. The van der Waals surface area contributed by atoms with Crippen LogP contribution >= 0.6 is 0 Å². The number of carbonyl (C=O) groups is 3. The summed E-state index contributed by atoms with van der Waals surface area (Å²) in [7, 11) is 0. The number of ketones is 1. The predicted octanol–water partition coefficient (Wildman–Crippen LogP) is 3.41. The molecule has 3 N–H and O–H groups in total. The molecule has 0 aliphatic rings. The number of rotatable bonds is 4. The van der Waals surface area contributed by atoms with Gasteiger partial charge in [-0.15, -0.1) is 0 Å². The summed E-state index contributed by atoms with van der Waals surface area (Å²) >= 11 is 0. The van der Waals surface area contributed by atoms with Crippen LogP contribution in [0.3, 0.4) is 0 Å². The minimum atomic E-state index is -0.700. The van der Waals surface area contributed by atoms with Crippen molar-refractivity contribution in [1.29, 1.82) is 0 Å². The Hall–Kier alpha value is -3.51. The molecular formula is C20H16N2O4. The third-order valence-corrected chi connectivity index (χ3v) is 4.02. The second-order valence-electron chi connectivity index (χ2n) is 5.74. The van der Waals surface area contributed by atoms with Crippen LogP contribution in [0.15, 0.2) is 60.7 Å². The maximum atomic E-state index is 12.8. The average Bonchev–Trinajstić information content (AvgIpc) is 2.66. The molecule has 0 atom stereocenters. The largest absolute Gasteiger partial charge is 0.322 e. The van der Waals surface area contributed by atoms with Crippen molar-refractivity contribution >= 4 is 34.1 Å². The fourth-order valence-electron chi connectivity index (χ4n) is 2.79.